The van der Waals surface area contributed by atoms with Crippen LogP contribution in [0.4, 0.5) is 34.1 Å². The van der Waals surface area contributed by atoms with Gasteiger partial charge in [-0.3, -0.25) is 20.2 Å². The van der Waals surface area contributed by atoms with Gasteiger partial charge in [0.2, 0.25) is 0 Å². The monoisotopic (exact) mass is 606 g/mol. The van der Waals surface area contributed by atoms with Crippen LogP contribution in [-0.4, -0.2) is 48.5 Å². The van der Waals surface area contributed by atoms with E-state index in [1.165, 1.54) is 12.1 Å². The molecule has 12 heteroatoms. The van der Waals surface area contributed by atoms with E-state index in [4.69, 9.17) is 9.47 Å². The Morgan fingerprint density at radius 1 is 0.667 bits per heavy atom. The number of allylic oxidation sites excluding steroid dienone is 2. The Bertz CT molecular complexity index is 1960. The van der Waals surface area contributed by atoms with Gasteiger partial charge in [0.1, 0.15) is 12.1 Å². The first-order chi connectivity index (χ1) is 21.1. The minimum Gasteiger partial charge on any atom is -0.376 e. The summed E-state index contributed by atoms with van der Waals surface area (Å²) in [6.45, 7) is 12.5. The van der Waals surface area contributed by atoms with Gasteiger partial charge in [-0.05, 0) is 74.0 Å². The fourth-order valence-corrected chi connectivity index (χ4v) is 7.17. The lowest BCUT2D eigenvalue weighted by atomic mass is 9.90. The minimum atomic E-state index is -1.68. The first-order valence-electron chi connectivity index (χ1n) is 14.6. The number of hydrogen-bond donors (Lipinski definition) is 2. The normalized spacial score (nSPS) is 19.7. The maximum atomic E-state index is 12.0. The molecule has 0 fully saturated rings. The van der Waals surface area contributed by atoms with Crippen molar-refractivity contribution in [2.45, 2.75) is 58.7 Å². The predicted molar refractivity (Wildman–Crippen MR) is 169 cm³/mol. The van der Waals surface area contributed by atoms with Crippen molar-refractivity contribution in [2.75, 3.05) is 10.6 Å². The van der Waals surface area contributed by atoms with Crippen molar-refractivity contribution in [1.29, 1.82) is 0 Å². The number of hydrogen-bond acceptors (Lipinski definition) is 8. The topological polar surface area (TPSA) is 135 Å². The van der Waals surface area contributed by atoms with Crippen LogP contribution in [0.25, 0.3) is 11.1 Å². The van der Waals surface area contributed by atoms with Crippen molar-refractivity contribution in [3.05, 3.63) is 91.0 Å². The largest absolute Gasteiger partial charge is 0.715 e. The van der Waals surface area contributed by atoms with E-state index in [9.17, 15) is 20.2 Å². The smallest absolute Gasteiger partial charge is 0.376 e. The average molecular weight is 607 g/mol. The third kappa shape index (κ3) is 3.77. The molecule has 0 saturated heterocycles. The van der Waals surface area contributed by atoms with Crippen LogP contribution in [-0.2, 0) is 0 Å². The summed E-state index contributed by atoms with van der Waals surface area (Å²) in [6, 6.07) is 8.63. The highest BCUT2D eigenvalue weighted by molar-refractivity contribution is 5.93. The van der Waals surface area contributed by atoms with Gasteiger partial charge < -0.3 is 20.1 Å². The van der Waals surface area contributed by atoms with Crippen molar-refractivity contribution in [3.8, 4) is 11.5 Å². The van der Waals surface area contributed by atoms with E-state index in [1.54, 1.807) is 9.15 Å². The molecule has 0 radical (unpaired) electrons. The number of nitrogens with one attached hydrogen (secondary N) is 2. The number of nitro benzene ring substituents is 2. The maximum absolute atomic E-state index is 12.0. The van der Waals surface area contributed by atoms with Crippen LogP contribution in [0, 0.1) is 20.2 Å². The van der Waals surface area contributed by atoms with Crippen molar-refractivity contribution < 1.29 is 28.5 Å². The number of rotatable bonds is 2. The van der Waals surface area contributed by atoms with Crippen LogP contribution in [0.1, 0.15) is 63.8 Å². The SMILES string of the molecule is CC1=CC(C)(C)Nc2cc3c(cc21)C=[N+]1c2cc([N+](=O)[O-])c([N+](=O)[O-])cc2[N+]2=Cc4cc5c(cc4OC12O3)NC(C)(C)C=C5C. The second-order valence-corrected chi connectivity index (χ2v) is 13.3. The zero-order chi connectivity index (χ0) is 31.8. The Labute approximate surface area is 257 Å². The Kier molecular flexibility index (Phi) is 5.02. The number of anilines is 2. The molecule has 3 aromatic rings. The van der Waals surface area contributed by atoms with Crippen LogP contribution >= 0.6 is 0 Å². The van der Waals surface area contributed by atoms with Gasteiger partial charge in [-0.2, -0.15) is 0 Å². The molecule has 226 valence electrons. The van der Waals surface area contributed by atoms with E-state index >= 15 is 0 Å². The Balaban J connectivity index is 1.39. The van der Waals surface area contributed by atoms with Gasteiger partial charge in [0.15, 0.2) is 23.9 Å². The van der Waals surface area contributed by atoms with E-state index in [1.807, 2.05) is 36.7 Å². The van der Waals surface area contributed by atoms with Crippen molar-refractivity contribution >= 4 is 57.7 Å². The van der Waals surface area contributed by atoms with Crippen LogP contribution < -0.4 is 20.1 Å². The van der Waals surface area contributed by atoms with Crippen molar-refractivity contribution in [3.63, 3.8) is 0 Å². The van der Waals surface area contributed by atoms with Crippen LogP contribution in [0.5, 0.6) is 11.5 Å². The molecular weight excluding hydrogens is 576 g/mol. The summed E-state index contributed by atoms with van der Waals surface area (Å²) >= 11 is 0. The standard InChI is InChI=1S/C33H28N6O6/c1-17-13-31(3,4)34-23-9-29-19(7-21(17)23)15-36-25-11-27(38(40)41)28(39(42)43)12-26(25)37-16-20-8-22-18(2)14-32(5,6)35-24(22)10-30(20)45-33(36,37)44-29/h7-16H,1-6H3/p+2. The van der Waals surface area contributed by atoms with Gasteiger partial charge in [-0.1, -0.05) is 12.2 Å². The Hall–Kier alpha value is -5.52. The third-order valence-electron chi connectivity index (χ3n) is 8.83. The lowest BCUT2D eigenvalue weighted by Crippen LogP contribution is -2.58. The first kappa shape index (κ1) is 27.1. The molecule has 0 atom stereocenters. The van der Waals surface area contributed by atoms with Crippen molar-refractivity contribution in [1.82, 2.24) is 0 Å². The second kappa shape index (κ2) is 8.35. The van der Waals surface area contributed by atoms with E-state index in [0.717, 1.165) is 44.8 Å². The molecule has 0 amide bonds. The minimum absolute atomic E-state index is 0.276. The molecule has 12 nitrogen and oxygen atoms in total. The summed E-state index contributed by atoms with van der Waals surface area (Å²) in [5.74, 6) is 1.05. The van der Waals surface area contributed by atoms with E-state index in [-0.39, 0.29) is 11.1 Å². The first-order valence-corrected chi connectivity index (χ1v) is 14.6. The Morgan fingerprint density at radius 2 is 1.07 bits per heavy atom. The van der Waals surface area contributed by atoms with Gasteiger partial charge in [-0.25, -0.2) is 0 Å². The van der Waals surface area contributed by atoms with Gasteiger partial charge in [0.25, 0.3) is 11.4 Å². The van der Waals surface area contributed by atoms with Gasteiger partial charge in [0, 0.05) is 34.6 Å². The summed E-state index contributed by atoms with van der Waals surface area (Å²) in [5, 5.41) is 31.1. The molecule has 0 bridgehead atoms. The molecular formula is C33H30N6O6+2. The molecule has 8 rings (SSSR count). The molecule has 45 heavy (non-hydrogen) atoms. The number of nitro groups is 2. The summed E-state index contributed by atoms with van der Waals surface area (Å²) < 4.78 is 16.9. The number of benzene rings is 3. The third-order valence-corrected chi connectivity index (χ3v) is 8.83. The van der Waals surface area contributed by atoms with Crippen molar-refractivity contribution in [2.24, 2.45) is 0 Å². The summed E-state index contributed by atoms with van der Waals surface area (Å²) in [6.07, 6.45) is 7.97. The molecule has 5 aliphatic heterocycles. The lowest BCUT2D eigenvalue weighted by molar-refractivity contribution is -0.831. The molecule has 3 aromatic carbocycles. The van der Waals surface area contributed by atoms with Gasteiger partial charge >= 0.3 is 17.4 Å². The fourth-order valence-electron chi connectivity index (χ4n) is 7.17. The molecule has 5 heterocycles. The van der Waals surface area contributed by atoms with Gasteiger partial charge in [-0.15, -0.1) is 0 Å². The zero-order valence-corrected chi connectivity index (χ0v) is 25.5. The Morgan fingerprint density at radius 3 is 1.44 bits per heavy atom. The maximum Gasteiger partial charge on any atom is 0.715 e. The van der Waals surface area contributed by atoms with Crippen LogP contribution in [0.3, 0.4) is 0 Å². The summed E-state index contributed by atoms with van der Waals surface area (Å²) in [5.41, 5.74) is 6.33. The van der Waals surface area contributed by atoms with E-state index in [0.29, 0.717) is 22.9 Å². The second-order valence-electron chi connectivity index (χ2n) is 13.3. The number of nitrogens with zero attached hydrogens (tertiary/aromatic N) is 4. The highest BCUT2D eigenvalue weighted by Crippen LogP contribution is 2.53. The van der Waals surface area contributed by atoms with Crippen LogP contribution in [0.2, 0.25) is 0 Å². The molecule has 1 spiro atoms. The highest BCUT2D eigenvalue weighted by Gasteiger charge is 2.73. The average Bonchev–Trinajstić information content (AvgIpc) is 3.18. The lowest BCUT2D eigenvalue weighted by Gasteiger charge is -2.34. The predicted octanol–water partition coefficient (Wildman–Crippen LogP) is 6.65. The van der Waals surface area contributed by atoms with E-state index in [2.05, 4.69) is 64.3 Å². The number of fused-ring (bicyclic) bond motifs is 7. The molecule has 2 N–H and O–H groups in total. The fraction of sp³-hybridized carbons (Fsp3) is 0.273. The van der Waals surface area contributed by atoms with E-state index < -0.39 is 27.3 Å². The summed E-state index contributed by atoms with van der Waals surface area (Å²) in [7, 11) is 0. The molecule has 0 aliphatic carbocycles. The zero-order valence-electron chi connectivity index (χ0n) is 25.5. The summed E-state index contributed by atoms with van der Waals surface area (Å²) in [4.78, 5) is 22.6. The molecule has 0 unspecified atom stereocenters. The molecule has 0 aromatic heterocycles. The quantitative estimate of drug-likeness (QED) is 0.188. The van der Waals surface area contributed by atoms with Crippen LogP contribution in [0.15, 0.2) is 48.6 Å². The van der Waals surface area contributed by atoms with Gasteiger partial charge in [0.05, 0.1) is 32.1 Å². The molecule has 5 aliphatic rings. The number of ether oxygens (including phenoxy) is 2. The molecule has 0 saturated carbocycles. The highest BCUT2D eigenvalue weighted by atomic mass is 16.7.